The van der Waals surface area contributed by atoms with Crippen molar-refractivity contribution >= 4 is 38.9 Å². The van der Waals surface area contributed by atoms with Gasteiger partial charge in [0.25, 0.3) is 11.6 Å². The predicted molar refractivity (Wildman–Crippen MR) is 98.8 cm³/mol. The number of ether oxygens (including phenoxy) is 1. The Labute approximate surface area is 157 Å². The van der Waals surface area contributed by atoms with Crippen LogP contribution in [0.4, 0.5) is 5.69 Å². The van der Waals surface area contributed by atoms with Crippen LogP contribution >= 0.6 is 27.3 Å². The molecule has 0 saturated carbocycles. The largest absolute Gasteiger partial charge is 0.376 e. The summed E-state index contributed by atoms with van der Waals surface area (Å²) in [6.07, 6.45) is 1.94. The van der Waals surface area contributed by atoms with Gasteiger partial charge in [0, 0.05) is 29.7 Å². The van der Waals surface area contributed by atoms with Gasteiger partial charge in [-0.1, -0.05) is 6.07 Å². The molecular formula is C17H17BrN2O4S. The van der Waals surface area contributed by atoms with E-state index in [9.17, 15) is 14.9 Å². The van der Waals surface area contributed by atoms with Crippen LogP contribution in [0.3, 0.4) is 0 Å². The first-order chi connectivity index (χ1) is 12.0. The maximum absolute atomic E-state index is 13.0. The fourth-order valence-electron chi connectivity index (χ4n) is 2.81. The van der Waals surface area contributed by atoms with E-state index < -0.39 is 4.92 Å². The van der Waals surface area contributed by atoms with E-state index in [1.54, 1.807) is 28.4 Å². The van der Waals surface area contributed by atoms with Crippen molar-refractivity contribution in [1.82, 2.24) is 4.90 Å². The van der Waals surface area contributed by atoms with Gasteiger partial charge in [0.15, 0.2) is 0 Å². The lowest BCUT2D eigenvalue weighted by Gasteiger charge is -2.25. The highest BCUT2D eigenvalue weighted by Crippen LogP contribution is 2.27. The molecule has 25 heavy (non-hydrogen) atoms. The Morgan fingerprint density at radius 2 is 2.28 bits per heavy atom. The number of nitro groups is 1. The molecule has 1 aliphatic heterocycles. The van der Waals surface area contributed by atoms with Gasteiger partial charge in [0.2, 0.25) is 0 Å². The zero-order chi connectivity index (χ0) is 17.8. The molecule has 0 aliphatic carbocycles. The average Bonchev–Trinajstić information content (AvgIpc) is 3.27. The van der Waals surface area contributed by atoms with E-state index in [2.05, 4.69) is 15.9 Å². The lowest BCUT2D eigenvalue weighted by atomic mass is 10.1. The maximum atomic E-state index is 13.0. The second-order valence-electron chi connectivity index (χ2n) is 5.82. The molecule has 6 nitrogen and oxygen atoms in total. The number of rotatable bonds is 6. The molecule has 8 heteroatoms. The molecule has 0 N–H and O–H groups in total. The Kier molecular flexibility index (Phi) is 5.82. The number of nitro benzene ring substituents is 1. The zero-order valence-corrected chi connectivity index (χ0v) is 15.8. The normalized spacial score (nSPS) is 16.8. The molecule has 1 unspecified atom stereocenters. The highest BCUT2D eigenvalue weighted by Gasteiger charge is 2.25. The molecule has 0 radical (unpaired) electrons. The van der Waals surface area contributed by atoms with E-state index in [1.165, 1.54) is 6.07 Å². The van der Waals surface area contributed by atoms with Crippen LogP contribution in [0.1, 0.15) is 28.1 Å². The van der Waals surface area contributed by atoms with Crippen molar-refractivity contribution in [3.05, 3.63) is 60.7 Å². The van der Waals surface area contributed by atoms with Crippen LogP contribution in [-0.2, 0) is 11.3 Å². The third-order valence-electron chi connectivity index (χ3n) is 4.05. The van der Waals surface area contributed by atoms with Gasteiger partial charge in [-0.3, -0.25) is 14.9 Å². The van der Waals surface area contributed by atoms with Crippen LogP contribution in [0.15, 0.2) is 40.2 Å². The summed E-state index contributed by atoms with van der Waals surface area (Å²) in [5, 5.41) is 13.1. The Hall–Kier alpha value is -1.77. The molecule has 1 fully saturated rings. The second kappa shape index (κ2) is 8.07. The predicted octanol–water partition coefficient (Wildman–Crippen LogP) is 4.24. The summed E-state index contributed by atoms with van der Waals surface area (Å²) in [5.41, 5.74) is 0.198. The van der Waals surface area contributed by atoms with Crippen LogP contribution < -0.4 is 0 Å². The van der Waals surface area contributed by atoms with E-state index in [1.807, 2.05) is 17.5 Å². The first-order valence-electron chi connectivity index (χ1n) is 7.92. The summed E-state index contributed by atoms with van der Waals surface area (Å²) >= 11 is 4.73. The van der Waals surface area contributed by atoms with E-state index in [0.717, 1.165) is 24.3 Å². The fraction of sp³-hybridized carbons (Fsp3) is 0.353. The number of hydrogen-bond acceptors (Lipinski definition) is 5. The van der Waals surface area contributed by atoms with Crippen LogP contribution in [0.2, 0.25) is 0 Å². The number of nitrogens with zero attached hydrogens (tertiary/aromatic N) is 2. The molecule has 1 aromatic heterocycles. The number of hydrogen-bond donors (Lipinski definition) is 0. The van der Waals surface area contributed by atoms with Crippen LogP contribution in [0.25, 0.3) is 0 Å². The number of carbonyl (C=O) groups is 1. The minimum atomic E-state index is -0.495. The molecule has 1 atom stereocenters. The highest BCUT2D eigenvalue weighted by molar-refractivity contribution is 9.10. The molecule has 0 bridgehead atoms. The summed E-state index contributed by atoms with van der Waals surface area (Å²) < 4.78 is 6.02. The van der Waals surface area contributed by atoms with Crippen molar-refractivity contribution in [2.24, 2.45) is 0 Å². The number of thiophene rings is 1. The highest BCUT2D eigenvalue weighted by atomic mass is 79.9. The topological polar surface area (TPSA) is 72.7 Å². The molecule has 1 amide bonds. The molecular weight excluding hydrogens is 408 g/mol. The summed E-state index contributed by atoms with van der Waals surface area (Å²) in [6, 6.07) is 8.39. The standard InChI is InChI=1S/C17H17BrN2O4S/c18-15-6-5-12(9-16(15)20(22)23)17(21)19(10-13-3-1-7-24-13)11-14-4-2-8-25-14/h2,4-6,8-9,13H,1,3,7,10-11H2. The maximum Gasteiger partial charge on any atom is 0.284 e. The van der Waals surface area contributed by atoms with Gasteiger partial charge in [-0.05, 0) is 52.4 Å². The summed E-state index contributed by atoms with van der Waals surface area (Å²) in [7, 11) is 0. The van der Waals surface area contributed by atoms with Gasteiger partial charge in [0.1, 0.15) is 0 Å². The molecule has 1 aliphatic rings. The second-order valence-corrected chi connectivity index (χ2v) is 7.71. The van der Waals surface area contributed by atoms with Gasteiger partial charge in [-0.25, -0.2) is 0 Å². The van der Waals surface area contributed by atoms with Crippen molar-refractivity contribution in [2.45, 2.75) is 25.5 Å². The monoisotopic (exact) mass is 424 g/mol. The first kappa shape index (κ1) is 18.0. The molecule has 1 saturated heterocycles. The van der Waals surface area contributed by atoms with Crippen molar-refractivity contribution in [2.75, 3.05) is 13.2 Å². The Balaban J connectivity index is 1.84. The number of benzene rings is 1. The van der Waals surface area contributed by atoms with Crippen molar-refractivity contribution < 1.29 is 14.5 Å². The van der Waals surface area contributed by atoms with Crippen molar-refractivity contribution in [3.63, 3.8) is 0 Å². The third kappa shape index (κ3) is 4.45. The van der Waals surface area contributed by atoms with Gasteiger partial charge in [0.05, 0.1) is 22.0 Å². The molecule has 2 heterocycles. The fourth-order valence-corrected chi connectivity index (χ4v) is 3.92. The minimum absolute atomic E-state index is 0.0225. The SMILES string of the molecule is O=C(c1ccc(Br)c([N+](=O)[O-])c1)N(Cc1cccs1)CC1CCCO1. The van der Waals surface area contributed by atoms with Gasteiger partial charge in [-0.15, -0.1) is 11.3 Å². The van der Waals surface area contributed by atoms with Gasteiger partial charge < -0.3 is 9.64 Å². The van der Waals surface area contributed by atoms with Crippen molar-refractivity contribution in [1.29, 1.82) is 0 Å². The summed E-state index contributed by atoms with van der Waals surface area (Å²) in [5.74, 6) is -0.223. The van der Waals surface area contributed by atoms with E-state index in [-0.39, 0.29) is 17.7 Å². The van der Waals surface area contributed by atoms with E-state index in [4.69, 9.17) is 4.74 Å². The third-order valence-corrected chi connectivity index (χ3v) is 5.58. The van der Waals surface area contributed by atoms with E-state index >= 15 is 0 Å². The lowest BCUT2D eigenvalue weighted by Crippen LogP contribution is -2.36. The quantitative estimate of drug-likeness (QED) is 0.513. The van der Waals surface area contributed by atoms with Gasteiger partial charge >= 0.3 is 0 Å². The Bertz CT molecular complexity index is 760. The zero-order valence-electron chi connectivity index (χ0n) is 13.4. The minimum Gasteiger partial charge on any atom is -0.376 e. The van der Waals surface area contributed by atoms with E-state index in [0.29, 0.717) is 23.1 Å². The molecule has 2 aromatic rings. The summed E-state index contributed by atoms with van der Waals surface area (Å²) in [6.45, 7) is 1.68. The van der Waals surface area contributed by atoms with Gasteiger partial charge in [-0.2, -0.15) is 0 Å². The molecule has 0 spiro atoms. The first-order valence-corrected chi connectivity index (χ1v) is 9.59. The number of halogens is 1. The Morgan fingerprint density at radius 3 is 2.92 bits per heavy atom. The molecule has 3 rings (SSSR count). The average molecular weight is 425 g/mol. The van der Waals surface area contributed by atoms with Crippen LogP contribution in [-0.4, -0.2) is 35.0 Å². The van der Waals surface area contributed by atoms with Crippen LogP contribution in [0.5, 0.6) is 0 Å². The lowest BCUT2D eigenvalue weighted by molar-refractivity contribution is -0.385. The van der Waals surface area contributed by atoms with Crippen molar-refractivity contribution in [3.8, 4) is 0 Å². The smallest absolute Gasteiger partial charge is 0.284 e. The van der Waals surface area contributed by atoms with Crippen LogP contribution in [0, 0.1) is 10.1 Å². The number of amides is 1. The molecule has 132 valence electrons. The number of carbonyl (C=O) groups excluding carboxylic acids is 1. The summed E-state index contributed by atoms with van der Waals surface area (Å²) in [4.78, 5) is 26.4. The molecule has 1 aromatic carbocycles. The Morgan fingerprint density at radius 1 is 1.44 bits per heavy atom.